The smallest absolute Gasteiger partial charge is 0.0590 e. The Bertz CT molecular complexity index is 184. The molecule has 0 atom stereocenters. The second kappa shape index (κ2) is 14.4. The first kappa shape index (κ1) is 15.4. The highest BCUT2D eigenvalue weighted by atomic mass is 16.5. The molecule has 3 heteroatoms. The lowest BCUT2D eigenvalue weighted by Gasteiger charge is -2.05. The van der Waals surface area contributed by atoms with Gasteiger partial charge in [0.25, 0.3) is 0 Å². The van der Waals surface area contributed by atoms with E-state index in [2.05, 4.69) is 24.1 Å². The SMILES string of the molecule is CC#CCCNCCOCCCOCCC. The van der Waals surface area contributed by atoms with Gasteiger partial charge in [0, 0.05) is 39.3 Å². The third kappa shape index (κ3) is 13.4. The zero-order chi connectivity index (χ0) is 11.9. The maximum Gasteiger partial charge on any atom is 0.0590 e. The third-order valence-electron chi connectivity index (χ3n) is 1.95. The highest BCUT2D eigenvalue weighted by Gasteiger charge is 1.90. The van der Waals surface area contributed by atoms with Gasteiger partial charge in [0.15, 0.2) is 0 Å². The molecule has 3 nitrogen and oxygen atoms in total. The fraction of sp³-hybridized carbons (Fsp3) is 0.846. The molecule has 94 valence electrons. The van der Waals surface area contributed by atoms with E-state index >= 15 is 0 Å². The van der Waals surface area contributed by atoms with Crippen LogP contribution in [0.2, 0.25) is 0 Å². The van der Waals surface area contributed by atoms with E-state index in [-0.39, 0.29) is 0 Å². The lowest BCUT2D eigenvalue weighted by Crippen LogP contribution is -2.21. The van der Waals surface area contributed by atoms with E-state index in [1.165, 1.54) is 0 Å². The van der Waals surface area contributed by atoms with E-state index in [4.69, 9.17) is 9.47 Å². The fourth-order valence-corrected chi connectivity index (χ4v) is 1.16. The molecule has 0 fully saturated rings. The summed E-state index contributed by atoms with van der Waals surface area (Å²) in [6, 6.07) is 0. The molecular weight excluding hydrogens is 202 g/mol. The van der Waals surface area contributed by atoms with Gasteiger partial charge in [-0.2, -0.15) is 0 Å². The first-order valence-electron chi connectivity index (χ1n) is 6.17. The molecule has 0 saturated carbocycles. The Morgan fingerprint density at radius 1 is 1.00 bits per heavy atom. The van der Waals surface area contributed by atoms with Crippen molar-refractivity contribution in [3.05, 3.63) is 0 Å². The number of ether oxygens (including phenoxy) is 2. The highest BCUT2D eigenvalue weighted by Crippen LogP contribution is 1.86. The molecule has 0 aliphatic rings. The predicted octanol–water partition coefficient (Wildman–Crippen LogP) is 1.82. The van der Waals surface area contributed by atoms with Crippen LogP contribution in [0.1, 0.15) is 33.1 Å². The van der Waals surface area contributed by atoms with Gasteiger partial charge in [0.2, 0.25) is 0 Å². The average Bonchev–Trinajstić information content (AvgIpc) is 2.31. The molecule has 16 heavy (non-hydrogen) atoms. The summed E-state index contributed by atoms with van der Waals surface area (Å²) < 4.78 is 10.8. The molecule has 1 N–H and O–H groups in total. The van der Waals surface area contributed by atoms with Crippen molar-refractivity contribution in [2.24, 2.45) is 0 Å². The lowest BCUT2D eigenvalue weighted by molar-refractivity contribution is 0.0840. The molecule has 0 aromatic carbocycles. The zero-order valence-corrected chi connectivity index (χ0v) is 10.7. The molecular formula is C13H25NO2. The minimum atomic E-state index is 0.771. The lowest BCUT2D eigenvalue weighted by atomic mass is 10.4. The minimum absolute atomic E-state index is 0.771. The van der Waals surface area contributed by atoms with E-state index in [1.807, 2.05) is 6.92 Å². The third-order valence-corrected chi connectivity index (χ3v) is 1.95. The molecule has 0 rings (SSSR count). The van der Waals surface area contributed by atoms with Gasteiger partial charge in [-0.25, -0.2) is 0 Å². The Morgan fingerprint density at radius 3 is 2.44 bits per heavy atom. The fourth-order valence-electron chi connectivity index (χ4n) is 1.16. The first-order chi connectivity index (χ1) is 7.91. The van der Waals surface area contributed by atoms with Crippen LogP contribution in [0.3, 0.4) is 0 Å². The topological polar surface area (TPSA) is 30.5 Å². The van der Waals surface area contributed by atoms with Gasteiger partial charge in [-0.1, -0.05) is 6.92 Å². The average molecular weight is 227 g/mol. The molecule has 0 aromatic rings. The van der Waals surface area contributed by atoms with E-state index < -0.39 is 0 Å². The van der Waals surface area contributed by atoms with Crippen molar-refractivity contribution in [3.8, 4) is 11.8 Å². The van der Waals surface area contributed by atoms with Crippen molar-refractivity contribution in [2.75, 3.05) is 39.5 Å². The van der Waals surface area contributed by atoms with Crippen molar-refractivity contribution in [3.63, 3.8) is 0 Å². The monoisotopic (exact) mass is 227 g/mol. The van der Waals surface area contributed by atoms with Gasteiger partial charge < -0.3 is 14.8 Å². The summed E-state index contributed by atoms with van der Waals surface area (Å²) in [5, 5.41) is 3.27. The van der Waals surface area contributed by atoms with E-state index in [1.54, 1.807) is 0 Å². The quantitative estimate of drug-likeness (QED) is 0.431. The summed E-state index contributed by atoms with van der Waals surface area (Å²) in [6.45, 7) is 9.07. The molecule has 0 amide bonds. The number of nitrogens with one attached hydrogen (secondary N) is 1. The highest BCUT2D eigenvalue weighted by molar-refractivity contribution is 4.94. The Labute approximate surface area is 99.9 Å². The Hall–Kier alpha value is -0.560. The minimum Gasteiger partial charge on any atom is -0.381 e. The summed E-state index contributed by atoms with van der Waals surface area (Å²) in [7, 11) is 0. The number of rotatable bonds is 11. The molecule has 0 aromatic heterocycles. The number of hydrogen-bond acceptors (Lipinski definition) is 3. The summed E-state index contributed by atoms with van der Waals surface area (Å²) in [4.78, 5) is 0. The molecule has 0 spiro atoms. The van der Waals surface area contributed by atoms with E-state index in [0.717, 1.165) is 58.8 Å². The van der Waals surface area contributed by atoms with Gasteiger partial charge in [-0.05, 0) is 19.8 Å². The zero-order valence-electron chi connectivity index (χ0n) is 10.7. The summed E-state index contributed by atoms with van der Waals surface area (Å²) in [6.07, 6.45) is 2.99. The Kier molecular flexibility index (Phi) is 13.9. The summed E-state index contributed by atoms with van der Waals surface area (Å²) >= 11 is 0. The normalized spacial score (nSPS) is 9.88. The van der Waals surface area contributed by atoms with Crippen LogP contribution in [0.25, 0.3) is 0 Å². The van der Waals surface area contributed by atoms with Crippen LogP contribution < -0.4 is 5.32 Å². The Morgan fingerprint density at radius 2 is 1.75 bits per heavy atom. The first-order valence-corrected chi connectivity index (χ1v) is 6.17. The van der Waals surface area contributed by atoms with Gasteiger partial charge in [-0.15, -0.1) is 11.8 Å². The van der Waals surface area contributed by atoms with Crippen molar-refractivity contribution in [1.29, 1.82) is 0 Å². The predicted molar refractivity (Wildman–Crippen MR) is 67.5 cm³/mol. The van der Waals surface area contributed by atoms with Crippen LogP contribution in [0, 0.1) is 11.8 Å². The van der Waals surface area contributed by atoms with Crippen LogP contribution in [-0.4, -0.2) is 39.5 Å². The van der Waals surface area contributed by atoms with Crippen LogP contribution in [-0.2, 0) is 9.47 Å². The van der Waals surface area contributed by atoms with E-state index in [0.29, 0.717) is 0 Å². The van der Waals surface area contributed by atoms with Gasteiger partial charge in [-0.3, -0.25) is 0 Å². The van der Waals surface area contributed by atoms with Gasteiger partial charge in [0.1, 0.15) is 0 Å². The van der Waals surface area contributed by atoms with Crippen LogP contribution in [0.5, 0.6) is 0 Å². The van der Waals surface area contributed by atoms with Crippen LogP contribution in [0.4, 0.5) is 0 Å². The van der Waals surface area contributed by atoms with Crippen LogP contribution >= 0.6 is 0 Å². The van der Waals surface area contributed by atoms with Gasteiger partial charge in [0.05, 0.1) is 6.61 Å². The van der Waals surface area contributed by atoms with Crippen molar-refractivity contribution < 1.29 is 9.47 Å². The molecule has 0 bridgehead atoms. The Balaban J connectivity index is 2.89. The van der Waals surface area contributed by atoms with Gasteiger partial charge >= 0.3 is 0 Å². The summed E-state index contributed by atoms with van der Waals surface area (Å²) in [5.41, 5.74) is 0. The maximum absolute atomic E-state index is 5.44. The van der Waals surface area contributed by atoms with Crippen LogP contribution in [0.15, 0.2) is 0 Å². The second-order valence-corrected chi connectivity index (χ2v) is 3.51. The molecule has 0 unspecified atom stereocenters. The largest absolute Gasteiger partial charge is 0.381 e. The molecule has 0 aliphatic carbocycles. The van der Waals surface area contributed by atoms with E-state index in [9.17, 15) is 0 Å². The standard InChI is InChI=1S/C13H25NO2/c1-3-5-6-8-14-9-13-16-12-7-11-15-10-4-2/h14H,4,6-13H2,1-2H3. The molecule has 0 saturated heterocycles. The van der Waals surface area contributed by atoms with Crippen molar-refractivity contribution in [2.45, 2.75) is 33.1 Å². The second-order valence-electron chi connectivity index (χ2n) is 3.51. The van der Waals surface area contributed by atoms with Crippen molar-refractivity contribution >= 4 is 0 Å². The molecule has 0 radical (unpaired) electrons. The maximum atomic E-state index is 5.44. The molecule has 0 heterocycles. The summed E-state index contributed by atoms with van der Waals surface area (Å²) in [5.74, 6) is 5.88. The number of hydrogen-bond donors (Lipinski definition) is 1. The van der Waals surface area contributed by atoms with Crippen molar-refractivity contribution in [1.82, 2.24) is 5.32 Å². The molecule has 0 aliphatic heterocycles.